The molecule has 1 aliphatic rings. The zero-order valence-corrected chi connectivity index (χ0v) is 10.9. The fourth-order valence-electron chi connectivity index (χ4n) is 2.41. The van der Waals surface area contributed by atoms with E-state index in [1.807, 2.05) is 6.92 Å². The molecule has 6 heteroatoms. The number of rotatable bonds is 3. The normalized spacial score (nSPS) is 19.3. The Balaban J connectivity index is 2.32. The summed E-state index contributed by atoms with van der Waals surface area (Å²) in [7, 11) is 0. The number of aryl methyl sites for hydroxylation is 1. The van der Waals surface area contributed by atoms with E-state index >= 15 is 0 Å². The molecule has 0 aliphatic carbocycles. The molecule has 1 saturated heterocycles. The van der Waals surface area contributed by atoms with Crippen molar-refractivity contribution in [2.45, 2.75) is 13.3 Å². The highest BCUT2D eigenvalue weighted by molar-refractivity contribution is 6.33. The van der Waals surface area contributed by atoms with E-state index in [1.165, 1.54) is 12.1 Å². The van der Waals surface area contributed by atoms with Gasteiger partial charge in [0.2, 0.25) is 0 Å². The predicted molar refractivity (Wildman–Crippen MR) is 70.2 cm³/mol. The van der Waals surface area contributed by atoms with Gasteiger partial charge in [0.05, 0.1) is 15.6 Å². The third-order valence-electron chi connectivity index (χ3n) is 3.31. The summed E-state index contributed by atoms with van der Waals surface area (Å²) >= 11 is 6.14. The highest BCUT2D eigenvalue weighted by Gasteiger charge is 2.25. The third kappa shape index (κ3) is 2.42. The first-order valence-electron chi connectivity index (χ1n) is 5.83. The summed E-state index contributed by atoms with van der Waals surface area (Å²) in [6.07, 6.45) is 0.920. The molecule has 0 spiro atoms. The summed E-state index contributed by atoms with van der Waals surface area (Å²) in [5, 5.41) is 20.3. The van der Waals surface area contributed by atoms with Crippen LogP contribution in [0.15, 0.2) is 12.1 Å². The van der Waals surface area contributed by atoms with E-state index in [1.54, 1.807) is 0 Å². The van der Waals surface area contributed by atoms with Gasteiger partial charge in [-0.25, -0.2) is 0 Å². The number of halogens is 1. The molecule has 0 aromatic heterocycles. The van der Waals surface area contributed by atoms with Crippen LogP contribution in [0.25, 0.3) is 0 Å². The first-order valence-corrected chi connectivity index (χ1v) is 6.21. The Morgan fingerprint density at radius 2 is 2.33 bits per heavy atom. The fraction of sp³-hybridized carbons (Fsp3) is 0.500. The van der Waals surface area contributed by atoms with Crippen molar-refractivity contribution in [3.63, 3.8) is 0 Å². The zero-order chi connectivity index (χ0) is 13.3. The second-order valence-electron chi connectivity index (χ2n) is 4.63. The lowest BCUT2D eigenvalue weighted by atomic mass is 10.1. The molecule has 1 fully saturated rings. The maximum absolute atomic E-state index is 10.7. The van der Waals surface area contributed by atoms with Gasteiger partial charge in [-0.2, -0.15) is 0 Å². The fourth-order valence-corrected chi connectivity index (χ4v) is 2.79. The number of aliphatic hydroxyl groups is 1. The lowest BCUT2D eigenvalue weighted by Crippen LogP contribution is -2.21. The Hall–Kier alpha value is -1.33. The predicted octanol–water partition coefficient (Wildman–Crippen LogP) is 2.38. The van der Waals surface area contributed by atoms with Crippen LogP contribution in [0.4, 0.5) is 11.4 Å². The van der Waals surface area contributed by atoms with Crippen molar-refractivity contribution >= 4 is 23.0 Å². The van der Waals surface area contributed by atoms with Crippen molar-refractivity contribution in [2.75, 3.05) is 24.6 Å². The Kier molecular flexibility index (Phi) is 3.73. The molecule has 1 aromatic carbocycles. The van der Waals surface area contributed by atoms with Crippen LogP contribution < -0.4 is 4.90 Å². The average Bonchev–Trinajstić information content (AvgIpc) is 2.76. The molecule has 1 unspecified atom stereocenters. The molecule has 5 nitrogen and oxygen atoms in total. The van der Waals surface area contributed by atoms with Crippen molar-refractivity contribution in [1.82, 2.24) is 0 Å². The molecule has 0 bridgehead atoms. The molecule has 18 heavy (non-hydrogen) atoms. The van der Waals surface area contributed by atoms with E-state index in [2.05, 4.69) is 4.90 Å². The van der Waals surface area contributed by atoms with Crippen molar-refractivity contribution in [1.29, 1.82) is 0 Å². The number of anilines is 1. The average molecular weight is 271 g/mol. The van der Waals surface area contributed by atoms with Crippen LogP contribution in [0.2, 0.25) is 5.02 Å². The Morgan fingerprint density at radius 1 is 1.61 bits per heavy atom. The number of aliphatic hydroxyl groups excluding tert-OH is 1. The van der Waals surface area contributed by atoms with E-state index in [9.17, 15) is 10.1 Å². The van der Waals surface area contributed by atoms with Gasteiger partial charge in [-0.1, -0.05) is 11.6 Å². The van der Waals surface area contributed by atoms with Gasteiger partial charge in [-0.15, -0.1) is 0 Å². The van der Waals surface area contributed by atoms with Crippen molar-refractivity contribution in [3.8, 4) is 0 Å². The van der Waals surface area contributed by atoms with Crippen LogP contribution in [0, 0.1) is 23.0 Å². The largest absolute Gasteiger partial charge is 0.396 e. The summed E-state index contributed by atoms with van der Waals surface area (Å²) in [5.41, 5.74) is 1.66. The zero-order valence-electron chi connectivity index (χ0n) is 10.1. The summed E-state index contributed by atoms with van der Waals surface area (Å²) in [5.74, 6) is 0.260. The van der Waals surface area contributed by atoms with Crippen LogP contribution in [-0.2, 0) is 0 Å². The van der Waals surface area contributed by atoms with Gasteiger partial charge in [0.15, 0.2) is 0 Å². The maximum atomic E-state index is 10.7. The number of benzene rings is 1. The first kappa shape index (κ1) is 13.1. The summed E-state index contributed by atoms with van der Waals surface area (Å²) in [6, 6.07) is 2.92. The van der Waals surface area contributed by atoms with Crippen LogP contribution in [0.5, 0.6) is 0 Å². The van der Waals surface area contributed by atoms with Gasteiger partial charge in [0.25, 0.3) is 5.69 Å². The van der Waals surface area contributed by atoms with Crippen molar-refractivity contribution < 1.29 is 10.0 Å². The second-order valence-corrected chi connectivity index (χ2v) is 5.04. The molecular formula is C12H15ClN2O3. The van der Waals surface area contributed by atoms with Gasteiger partial charge < -0.3 is 10.0 Å². The highest BCUT2D eigenvalue weighted by Crippen LogP contribution is 2.36. The molecule has 1 aliphatic heterocycles. The minimum atomic E-state index is -0.441. The highest BCUT2D eigenvalue weighted by atomic mass is 35.5. The molecule has 0 radical (unpaired) electrons. The van der Waals surface area contributed by atoms with E-state index in [0.717, 1.165) is 30.8 Å². The summed E-state index contributed by atoms with van der Waals surface area (Å²) in [4.78, 5) is 12.4. The third-order valence-corrected chi connectivity index (χ3v) is 3.60. The number of hydrogen-bond donors (Lipinski definition) is 1. The van der Waals surface area contributed by atoms with E-state index in [0.29, 0.717) is 5.02 Å². The summed E-state index contributed by atoms with van der Waals surface area (Å²) in [6.45, 7) is 3.55. The van der Waals surface area contributed by atoms with Crippen LogP contribution in [0.1, 0.15) is 12.0 Å². The molecule has 0 amide bonds. The van der Waals surface area contributed by atoms with Gasteiger partial charge in [0, 0.05) is 37.7 Å². The van der Waals surface area contributed by atoms with E-state index in [-0.39, 0.29) is 18.2 Å². The molecule has 1 atom stereocenters. The van der Waals surface area contributed by atoms with E-state index < -0.39 is 4.92 Å². The number of hydrogen-bond acceptors (Lipinski definition) is 4. The van der Waals surface area contributed by atoms with Crippen LogP contribution in [0.3, 0.4) is 0 Å². The summed E-state index contributed by atoms with van der Waals surface area (Å²) < 4.78 is 0. The quantitative estimate of drug-likeness (QED) is 0.676. The maximum Gasteiger partial charge on any atom is 0.271 e. The van der Waals surface area contributed by atoms with E-state index in [4.69, 9.17) is 16.7 Å². The molecule has 2 rings (SSSR count). The molecule has 1 heterocycles. The van der Waals surface area contributed by atoms with Crippen LogP contribution in [-0.4, -0.2) is 29.7 Å². The van der Waals surface area contributed by atoms with Gasteiger partial charge >= 0.3 is 0 Å². The molecule has 0 saturated carbocycles. The SMILES string of the molecule is Cc1cc([N+](=O)[O-])cc(Cl)c1N1CCC(CO)C1. The first-order chi connectivity index (χ1) is 8.52. The molecular weight excluding hydrogens is 256 g/mol. The van der Waals surface area contributed by atoms with Crippen molar-refractivity contribution in [2.24, 2.45) is 5.92 Å². The second kappa shape index (κ2) is 5.12. The number of nitro groups is 1. The lowest BCUT2D eigenvalue weighted by Gasteiger charge is -2.22. The molecule has 1 aromatic rings. The molecule has 1 N–H and O–H groups in total. The van der Waals surface area contributed by atoms with Gasteiger partial charge in [-0.05, 0) is 18.9 Å². The van der Waals surface area contributed by atoms with Gasteiger partial charge in [0.1, 0.15) is 0 Å². The Bertz CT molecular complexity index is 455. The standard InChI is InChI=1S/C12H15ClN2O3/c1-8-4-10(15(17)18)5-11(13)12(8)14-3-2-9(6-14)7-16/h4-5,9,16H,2-3,6-7H2,1H3. The van der Waals surface area contributed by atoms with Crippen LogP contribution >= 0.6 is 11.6 Å². The smallest absolute Gasteiger partial charge is 0.271 e. The number of non-ortho nitro benzene ring substituents is 1. The topological polar surface area (TPSA) is 66.6 Å². The lowest BCUT2D eigenvalue weighted by molar-refractivity contribution is -0.384. The number of nitrogens with zero attached hydrogens (tertiary/aromatic N) is 2. The minimum Gasteiger partial charge on any atom is -0.396 e. The number of nitro benzene ring substituents is 1. The monoisotopic (exact) mass is 270 g/mol. The molecule has 98 valence electrons. The van der Waals surface area contributed by atoms with Crippen molar-refractivity contribution in [3.05, 3.63) is 32.8 Å². The minimum absolute atomic E-state index is 0.0131. The Labute approximate surface area is 110 Å². The van der Waals surface area contributed by atoms with Gasteiger partial charge in [-0.3, -0.25) is 10.1 Å². The Morgan fingerprint density at radius 3 is 2.83 bits per heavy atom.